The minimum Gasteiger partial charge on any atom is -0.357 e. The maximum absolute atomic E-state index is 5.91. The quantitative estimate of drug-likeness (QED) is 0.659. The molecular formula is C15H20ClN5. The number of aromatic amines is 1. The molecule has 0 aliphatic carbocycles. The number of aromatic nitrogens is 2. The molecule has 2 N–H and O–H groups in total. The van der Waals surface area contributed by atoms with Crippen molar-refractivity contribution in [3.8, 4) is 0 Å². The molecule has 0 amide bonds. The first kappa shape index (κ1) is 15.4. The molecule has 0 unspecified atom stereocenters. The Hall–Kier alpha value is -2.01. The van der Waals surface area contributed by atoms with Crippen molar-refractivity contribution >= 4 is 17.6 Å². The van der Waals surface area contributed by atoms with Gasteiger partial charge in [0.15, 0.2) is 5.96 Å². The number of halogens is 1. The fourth-order valence-corrected chi connectivity index (χ4v) is 2.07. The van der Waals surface area contributed by atoms with Crippen LogP contribution in [0.25, 0.3) is 0 Å². The second kappa shape index (κ2) is 7.69. The minimum absolute atomic E-state index is 0.577. The lowest BCUT2D eigenvalue weighted by molar-refractivity contribution is 0.476. The molecule has 21 heavy (non-hydrogen) atoms. The number of aliphatic imine (C=N–C) groups is 1. The summed E-state index contributed by atoms with van der Waals surface area (Å²) in [5.41, 5.74) is 2.18. The number of H-pyrrole nitrogens is 1. The van der Waals surface area contributed by atoms with Crippen molar-refractivity contribution in [2.75, 3.05) is 13.6 Å². The van der Waals surface area contributed by atoms with Crippen LogP contribution in [0, 0.1) is 0 Å². The first-order chi connectivity index (χ1) is 10.2. The summed E-state index contributed by atoms with van der Waals surface area (Å²) >= 11 is 5.91. The molecule has 0 aliphatic rings. The second-order valence-electron chi connectivity index (χ2n) is 4.73. The zero-order valence-electron chi connectivity index (χ0n) is 12.3. The van der Waals surface area contributed by atoms with Crippen LogP contribution in [0.1, 0.15) is 18.2 Å². The van der Waals surface area contributed by atoms with Gasteiger partial charge in [0.05, 0.1) is 12.2 Å². The van der Waals surface area contributed by atoms with E-state index in [9.17, 15) is 0 Å². The normalized spacial score (nSPS) is 11.5. The molecule has 1 aromatic heterocycles. The standard InChI is InChI=1S/C15H20ClN5/c1-3-17-15(18-10-14-8-9-19-20-14)21(2)11-12-4-6-13(16)7-5-12/h4-9H,3,10-11H2,1-2H3,(H,17,18)(H,19,20). The molecule has 0 spiro atoms. The highest BCUT2D eigenvalue weighted by atomic mass is 35.5. The van der Waals surface area contributed by atoms with Gasteiger partial charge in [0.2, 0.25) is 0 Å². The maximum atomic E-state index is 5.91. The van der Waals surface area contributed by atoms with Gasteiger partial charge in [-0.25, -0.2) is 4.99 Å². The highest BCUT2D eigenvalue weighted by Crippen LogP contribution is 2.11. The van der Waals surface area contributed by atoms with Crippen LogP contribution in [0.15, 0.2) is 41.5 Å². The second-order valence-corrected chi connectivity index (χ2v) is 5.17. The van der Waals surface area contributed by atoms with Crippen LogP contribution >= 0.6 is 11.6 Å². The Morgan fingerprint density at radius 1 is 1.33 bits per heavy atom. The molecule has 0 fully saturated rings. The Kier molecular flexibility index (Phi) is 5.63. The lowest BCUT2D eigenvalue weighted by Gasteiger charge is -2.22. The van der Waals surface area contributed by atoms with Crippen molar-refractivity contribution in [3.05, 3.63) is 52.8 Å². The number of hydrogen-bond acceptors (Lipinski definition) is 2. The fourth-order valence-electron chi connectivity index (χ4n) is 1.94. The van der Waals surface area contributed by atoms with Crippen LogP contribution in [-0.4, -0.2) is 34.6 Å². The van der Waals surface area contributed by atoms with E-state index < -0.39 is 0 Å². The molecule has 0 radical (unpaired) electrons. The lowest BCUT2D eigenvalue weighted by Crippen LogP contribution is -2.38. The molecule has 0 saturated carbocycles. The summed E-state index contributed by atoms with van der Waals surface area (Å²) in [5, 5.41) is 10.9. The number of guanidine groups is 1. The fraction of sp³-hybridized carbons (Fsp3) is 0.333. The Bertz CT molecular complexity index is 562. The highest BCUT2D eigenvalue weighted by Gasteiger charge is 2.06. The predicted octanol–water partition coefficient (Wildman–Crippen LogP) is 2.66. The Labute approximate surface area is 130 Å². The average molecular weight is 306 g/mol. The van der Waals surface area contributed by atoms with E-state index in [2.05, 4.69) is 32.3 Å². The number of nitrogens with one attached hydrogen (secondary N) is 2. The van der Waals surface area contributed by atoms with Gasteiger partial charge in [0.25, 0.3) is 0 Å². The Balaban J connectivity index is 2.02. The third-order valence-corrected chi connectivity index (χ3v) is 3.24. The maximum Gasteiger partial charge on any atom is 0.194 e. The summed E-state index contributed by atoms with van der Waals surface area (Å²) in [6.07, 6.45) is 1.73. The van der Waals surface area contributed by atoms with Gasteiger partial charge in [-0.2, -0.15) is 5.10 Å². The van der Waals surface area contributed by atoms with Crippen molar-refractivity contribution in [2.45, 2.75) is 20.0 Å². The van der Waals surface area contributed by atoms with Crippen LogP contribution in [0.4, 0.5) is 0 Å². The lowest BCUT2D eigenvalue weighted by atomic mass is 10.2. The third-order valence-electron chi connectivity index (χ3n) is 2.99. The van der Waals surface area contributed by atoms with Gasteiger partial charge >= 0.3 is 0 Å². The summed E-state index contributed by atoms with van der Waals surface area (Å²) in [7, 11) is 2.02. The van der Waals surface area contributed by atoms with Gasteiger partial charge in [-0.3, -0.25) is 5.10 Å². The van der Waals surface area contributed by atoms with Gasteiger partial charge in [0.1, 0.15) is 0 Å². The van der Waals surface area contributed by atoms with E-state index in [1.165, 1.54) is 5.56 Å². The average Bonchev–Trinajstić information content (AvgIpc) is 2.99. The van der Waals surface area contributed by atoms with Crippen molar-refractivity contribution in [1.82, 2.24) is 20.4 Å². The molecule has 2 rings (SSSR count). The smallest absolute Gasteiger partial charge is 0.194 e. The van der Waals surface area contributed by atoms with E-state index in [4.69, 9.17) is 11.6 Å². The molecule has 0 atom stereocenters. The summed E-state index contributed by atoms with van der Waals surface area (Å²) in [4.78, 5) is 6.69. The first-order valence-corrected chi connectivity index (χ1v) is 7.29. The van der Waals surface area contributed by atoms with E-state index in [0.717, 1.165) is 29.8 Å². The molecule has 1 heterocycles. The molecule has 0 aliphatic heterocycles. The van der Waals surface area contributed by atoms with Crippen LogP contribution in [0.2, 0.25) is 5.02 Å². The van der Waals surface area contributed by atoms with Crippen molar-refractivity contribution < 1.29 is 0 Å². The van der Waals surface area contributed by atoms with Gasteiger partial charge < -0.3 is 10.2 Å². The highest BCUT2D eigenvalue weighted by molar-refractivity contribution is 6.30. The summed E-state index contributed by atoms with van der Waals surface area (Å²) in [6.45, 7) is 4.23. The van der Waals surface area contributed by atoms with Crippen molar-refractivity contribution in [2.24, 2.45) is 4.99 Å². The zero-order chi connectivity index (χ0) is 15.1. The predicted molar refractivity (Wildman–Crippen MR) is 86.3 cm³/mol. The van der Waals surface area contributed by atoms with Crippen LogP contribution in [-0.2, 0) is 13.1 Å². The van der Waals surface area contributed by atoms with Crippen molar-refractivity contribution in [3.63, 3.8) is 0 Å². The molecule has 112 valence electrons. The first-order valence-electron chi connectivity index (χ1n) is 6.91. The van der Waals surface area contributed by atoms with Crippen molar-refractivity contribution in [1.29, 1.82) is 0 Å². The molecule has 1 aromatic carbocycles. The molecule has 5 nitrogen and oxygen atoms in total. The molecular weight excluding hydrogens is 286 g/mol. The SMILES string of the molecule is CCNC(=NCc1ccn[nH]1)N(C)Cc1ccc(Cl)cc1. The largest absolute Gasteiger partial charge is 0.357 e. The van der Waals surface area contributed by atoms with E-state index >= 15 is 0 Å². The molecule has 0 bridgehead atoms. The third kappa shape index (κ3) is 4.79. The van der Waals surface area contributed by atoms with Gasteiger partial charge in [-0.15, -0.1) is 0 Å². The summed E-state index contributed by atoms with van der Waals surface area (Å²) in [6, 6.07) is 9.78. The molecule has 0 saturated heterocycles. The number of benzene rings is 1. The van der Waals surface area contributed by atoms with Crippen LogP contribution in [0.5, 0.6) is 0 Å². The number of rotatable bonds is 5. The van der Waals surface area contributed by atoms with E-state index in [-0.39, 0.29) is 0 Å². The van der Waals surface area contributed by atoms with Crippen LogP contribution in [0.3, 0.4) is 0 Å². The van der Waals surface area contributed by atoms with Gasteiger partial charge in [-0.05, 0) is 30.7 Å². The number of nitrogens with zero attached hydrogens (tertiary/aromatic N) is 3. The molecule has 6 heteroatoms. The summed E-state index contributed by atoms with van der Waals surface area (Å²) < 4.78 is 0. The van der Waals surface area contributed by atoms with Crippen LogP contribution < -0.4 is 5.32 Å². The zero-order valence-corrected chi connectivity index (χ0v) is 13.1. The summed E-state index contributed by atoms with van der Waals surface area (Å²) in [5.74, 6) is 0.863. The minimum atomic E-state index is 0.577. The van der Waals surface area contributed by atoms with E-state index in [0.29, 0.717) is 6.54 Å². The Morgan fingerprint density at radius 3 is 2.71 bits per heavy atom. The van der Waals surface area contributed by atoms with Gasteiger partial charge in [-0.1, -0.05) is 23.7 Å². The topological polar surface area (TPSA) is 56.3 Å². The molecule has 2 aromatic rings. The monoisotopic (exact) mass is 305 g/mol. The van der Waals surface area contributed by atoms with Gasteiger partial charge in [0, 0.05) is 31.4 Å². The number of hydrogen-bond donors (Lipinski definition) is 2. The van der Waals surface area contributed by atoms with E-state index in [1.54, 1.807) is 6.20 Å². The Morgan fingerprint density at radius 2 is 2.10 bits per heavy atom. The van der Waals surface area contributed by atoms with E-state index in [1.807, 2.05) is 37.4 Å².